The standard InChI is InChI=1S/C19H15NO3/c20-15-3-7-17(8-4-15)23-19-11-9-18(10-12-19)22-16-5-1-14(13-21)2-6-16/h1-13H,20H2. The third kappa shape index (κ3) is 3.89. The Morgan fingerprint density at radius 3 is 1.35 bits per heavy atom. The molecule has 4 heteroatoms. The lowest BCUT2D eigenvalue weighted by Gasteiger charge is -2.08. The van der Waals surface area contributed by atoms with Gasteiger partial charge >= 0.3 is 0 Å². The number of nitrogen functional groups attached to an aromatic ring is 1. The predicted molar refractivity (Wildman–Crippen MR) is 89.3 cm³/mol. The smallest absolute Gasteiger partial charge is 0.150 e. The lowest BCUT2D eigenvalue weighted by Crippen LogP contribution is -1.88. The largest absolute Gasteiger partial charge is 0.457 e. The summed E-state index contributed by atoms with van der Waals surface area (Å²) in [6.07, 6.45) is 0.799. The van der Waals surface area contributed by atoms with E-state index in [1.807, 2.05) is 36.4 Å². The summed E-state index contributed by atoms with van der Waals surface area (Å²) in [4.78, 5) is 10.6. The first-order valence-corrected chi connectivity index (χ1v) is 7.09. The van der Waals surface area contributed by atoms with Crippen LogP contribution in [0.5, 0.6) is 23.0 Å². The highest BCUT2D eigenvalue weighted by atomic mass is 16.5. The maximum atomic E-state index is 10.6. The summed E-state index contributed by atoms with van der Waals surface area (Å²) >= 11 is 0. The summed E-state index contributed by atoms with van der Waals surface area (Å²) < 4.78 is 11.4. The first-order chi connectivity index (χ1) is 11.2. The zero-order chi connectivity index (χ0) is 16.1. The van der Waals surface area contributed by atoms with E-state index in [4.69, 9.17) is 15.2 Å². The molecule has 0 aliphatic carbocycles. The Labute approximate surface area is 134 Å². The zero-order valence-corrected chi connectivity index (χ0v) is 12.3. The summed E-state index contributed by atoms with van der Waals surface area (Å²) in [7, 11) is 0. The Morgan fingerprint density at radius 2 is 0.957 bits per heavy atom. The minimum absolute atomic E-state index is 0.615. The number of carbonyl (C=O) groups is 1. The van der Waals surface area contributed by atoms with Crippen molar-refractivity contribution in [2.75, 3.05) is 5.73 Å². The van der Waals surface area contributed by atoms with Crippen LogP contribution < -0.4 is 15.2 Å². The molecule has 0 bridgehead atoms. The molecule has 3 aromatic rings. The van der Waals surface area contributed by atoms with Gasteiger partial charge in [0.15, 0.2) is 0 Å². The molecule has 0 amide bonds. The van der Waals surface area contributed by atoms with Crippen LogP contribution in [0.1, 0.15) is 10.4 Å². The van der Waals surface area contributed by atoms with Crippen molar-refractivity contribution in [3.8, 4) is 23.0 Å². The molecule has 0 spiro atoms. The lowest BCUT2D eigenvalue weighted by atomic mass is 10.2. The Morgan fingerprint density at radius 1 is 0.609 bits per heavy atom. The minimum atomic E-state index is 0.615. The topological polar surface area (TPSA) is 61.6 Å². The van der Waals surface area contributed by atoms with Crippen LogP contribution in [0.15, 0.2) is 72.8 Å². The third-order valence-electron chi connectivity index (χ3n) is 3.19. The average molecular weight is 305 g/mol. The Hall–Kier alpha value is -3.27. The summed E-state index contributed by atoms with van der Waals surface area (Å²) in [5.74, 6) is 2.78. The van der Waals surface area contributed by atoms with Gasteiger partial charge in [-0.05, 0) is 72.8 Å². The van der Waals surface area contributed by atoms with Crippen LogP contribution in [0.2, 0.25) is 0 Å². The van der Waals surface area contributed by atoms with Gasteiger partial charge < -0.3 is 15.2 Å². The van der Waals surface area contributed by atoms with Crippen molar-refractivity contribution in [3.05, 3.63) is 78.4 Å². The van der Waals surface area contributed by atoms with Crippen LogP contribution >= 0.6 is 0 Å². The van der Waals surface area contributed by atoms with Gasteiger partial charge in [0.2, 0.25) is 0 Å². The number of hydrogen-bond acceptors (Lipinski definition) is 4. The summed E-state index contributed by atoms with van der Waals surface area (Å²) in [5, 5.41) is 0. The molecule has 4 nitrogen and oxygen atoms in total. The number of hydrogen-bond donors (Lipinski definition) is 1. The number of rotatable bonds is 5. The van der Waals surface area contributed by atoms with Gasteiger partial charge in [-0.2, -0.15) is 0 Å². The average Bonchev–Trinajstić information content (AvgIpc) is 2.59. The van der Waals surface area contributed by atoms with Crippen molar-refractivity contribution in [1.29, 1.82) is 0 Å². The van der Waals surface area contributed by atoms with E-state index >= 15 is 0 Å². The Bertz CT molecular complexity index is 778. The van der Waals surface area contributed by atoms with E-state index in [9.17, 15) is 4.79 Å². The fourth-order valence-electron chi connectivity index (χ4n) is 2.00. The van der Waals surface area contributed by atoms with Gasteiger partial charge in [-0.25, -0.2) is 0 Å². The SMILES string of the molecule is Nc1ccc(Oc2ccc(Oc3ccc(C=O)cc3)cc2)cc1. The molecular formula is C19H15NO3. The number of anilines is 1. The number of benzene rings is 3. The summed E-state index contributed by atoms with van der Waals surface area (Å²) in [6, 6.07) is 21.4. The number of aldehydes is 1. The van der Waals surface area contributed by atoms with Crippen LogP contribution in [0.4, 0.5) is 5.69 Å². The Kier molecular flexibility index (Phi) is 4.25. The molecule has 2 N–H and O–H groups in total. The molecule has 0 saturated heterocycles. The highest BCUT2D eigenvalue weighted by molar-refractivity contribution is 5.74. The second kappa shape index (κ2) is 6.66. The van der Waals surface area contributed by atoms with Crippen LogP contribution in [-0.4, -0.2) is 6.29 Å². The molecule has 3 rings (SSSR count). The predicted octanol–water partition coefficient (Wildman–Crippen LogP) is 4.67. The van der Waals surface area contributed by atoms with E-state index in [2.05, 4.69) is 0 Å². The van der Waals surface area contributed by atoms with E-state index in [1.54, 1.807) is 36.4 Å². The van der Waals surface area contributed by atoms with Crippen molar-refractivity contribution in [1.82, 2.24) is 0 Å². The van der Waals surface area contributed by atoms with Crippen molar-refractivity contribution < 1.29 is 14.3 Å². The quantitative estimate of drug-likeness (QED) is 0.550. The van der Waals surface area contributed by atoms with E-state index in [-0.39, 0.29) is 0 Å². The molecule has 0 aliphatic heterocycles. The highest BCUT2D eigenvalue weighted by Gasteiger charge is 2.01. The lowest BCUT2D eigenvalue weighted by molar-refractivity contribution is 0.112. The first-order valence-electron chi connectivity index (χ1n) is 7.09. The van der Waals surface area contributed by atoms with Crippen LogP contribution in [-0.2, 0) is 0 Å². The van der Waals surface area contributed by atoms with Gasteiger partial charge in [-0.3, -0.25) is 4.79 Å². The third-order valence-corrected chi connectivity index (χ3v) is 3.19. The monoisotopic (exact) mass is 305 g/mol. The van der Waals surface area contributed by atoms with Crippen molar-refractivity contribution >= 4 is 12.0 Å². The fraction of sp³-hybridized carbons (Fsp3) is 0. The molecule has 0 aromatic heterocycles. The van der Waals surface area contributed by atoms with Crippen LogP contribution in [0, 0.1) is 0 Å². The van der Waals surface area contributed by atoms with E-state index in [0.29, 0.717) is 28.5 Å². The molecule has 0 atom stereocenters. The molecule has 0 aliphatic rings. The molecule has 0 fully saturated rings. The van der Waals surface area contributed by atoms with Crippen molar-refractivity contribution in [2.24, 2.45) is 0 Å². The van der Waals surface area contributed by atoms with E-state index in [0.717, 1.165) is 12.0 Å². The molecule has 23 heavy (non-hydrogen) atoms. The van der Waals surface area contributed by atoms with Crippen LogP contribution in [0.3, 0.4) is 0 Å². The normalized spacial score (nSPS) is 10.1. The molecule has 0 radical (unpaired) electrons. The molecule has 3 aromatic carbocycles. The Balaban J connectivity index is 1.66. The van der Waals surface area contributed by atoms with Crippen LogP contribution in [0.25, 0.3) is 0 Å². The summed E-state index contributed by atoms with van der Waals surface area (Å²) in [5.41, 5.74) is 6.95. The van der Waals surface area contributed by atoms with Crippen molar-refractivity contribution in [2.45, 2.75) is 0 Å². The fourth-order valence-corrected chi connectivity index (χ4v) is 2.00. The first kappa shape index (κ1) is 14.7. The second-order valence-corrected chi connectivity index (χ2v) is 4.93. The van der Waals surface area contributed by atoms with Gasteiger partial charge in [0.1, 0.15) is 29.3 Å². The van der Waals surface area contributed by atoms with Gasteiger partial charge in [0.05, 0.1) is 0 Å². The molecule has 0 unspecified atom stereocenters. The highest BCUT2D eigenvalue weighted by Crippen LogP contribution is 2.27. The van der Waals surface area contributed by atoms with Gasteiger partial charge in [0.25, 0.3) is 0 Å². The minimum Gasteiger partial charge on any atom is -0.457 e. The number of nitrogens with two attached hydrogens (primary N) is 1. The molecule has 0 heterocycles. The van der Waals surface area contributed by atoms with E-state index < -0.39 is 0 Å². The van der Waals surface area contributed by atoms with Gasteiger partial charge in [-0.1, -0.05) is 0 Å². The maximum absolute atomic E-state index is 10.6. The molecule has 0 saturated carbocycles. The zero-order valence-electron chi connectivity index (χ0n) is 12.3. The summed E-state index contributed by atoms with van der Waals surface area (Å²) in [6.45, 7) is 0. The van der Waals surface area contributed by atoms with Gasteiger partial charge in [0, 0.05) is 11.3 Å². The number of carbonyl (C=O) groups excluding carboxylic acids is 1. The molecule has 114 valence electrons. The molecular weight excluding hydrogens is 290 g/mol. The van der Waals surface area contributed by atoms with E-state index in [1.165, 1.54) is 0 Å². The maximum Gasteiger partial charge on any atom is 0.150 e. The van der Waals surface area contributed by atoms with Crippen molar-refractivity contribution in [3.63, 3.8) is 0 Å². The van der Waals surface area contributed by atoms with Gasteiger partial charge in [-0.15, -0.1) is 0 Å². The second-order valence-electron chi connectivity index (χ2n) is 4.93. The number of ether oxygens (including phenoxy) is 2.